The summed E-state index contributed by atoms with van der Waals surface area (Å²) in [6.07, 6.45) is 0.916. The van der Waals surface area contributed by atoms with E-state index in [1.165, 1.54) is 0 Å². The fraction of sp³-hybridized carbons (Fsp3) is 0.455. The van der Waals surface area contributed by atoms with Crippen molar-refractivity contribution in [1.82, 2.24) is 0 Å². The predicted octanol–water partition coefficient (Wildman–Crippen LogP) is 1.56. The second-order valence-electron chi connectivity index (χ2n) is 3.71. The molecule has 0 bridgehead atoms. The van der Waals surface area contributed by atoms with E-state index in [9.17, 15) is 0 Å². The molecule has 0 fully saturated rings. The number of benzene rings is 1. The molecule has 2 atom stereocenters. The average molecular weight is 193 g/mol. The Labute approximate surface area is 83.8 Å². The summed E-state index contributed by atoms with van der Waals surface area (Å²) < 4.78 is 11.3. The van der Waals surface area contributed by atoms with Crippen molar-refractivity contribution in [3.05, 3.63) is 24.3 Å². The molecule has 76 valence electrons. The summed E-state index contributed by atoms with van der Waals surface area (Å²) in [5.74, 6) is 1.65. The van der Waals surface area contributed by atoms with Gasteiger partial charge in [0.1, 0.15) is 12.7 Å². The molecule has 0 saturated heterocycles. The minimum absolute atomic E-state index is 0.0879. The first-order valence-corrected chi connectivity index (χ1v) is 4.90. The Balaban J connectivity index is 2.06. The van der Waals surface area contributed by atoms with Gasteiger partial charge in [0, 0.05) is 12.5 Å². The van der Waals surface area contributed by atoms with E-state index in [-0.39, 0.29) is 12.1 Å². The lowest BCUT2D eigenvalue weighted by atomic mass is 10.1. The Hall–Kier alpha value is -1.22. The maximum Gasteiger partial charge on any atom is 0.161 e. The van der Waals surface area contributed by atoms with Crippen LogP contribution in [0.4, 0.5) is 0 Å². The molecule has 0 radical (unpaired) electrons. The highest BCUT2D eigenvalue weighted by Crippen LogP contribution is 2.31. The van der Waals surface area contributed by atoms with Gasteiger partial charge >= 0.3 is 0 Å². The Morgan fingerprint density at radius 3 is 2.86 bits per heavy atom. The molecule has 0 amide bonds. The first kappa shape index (κ1) is 9.34. The molecular weight excluding hydrogens is 178 g/mol. The molecular formula is C11H15NO2. The van der Waals surface area contributed by atoms with Crippen molar-refractivity contribution in [2.75, 3.05) is 6.61 Å². The summed E-state index contributed by atoms with van der Waals surface area (Å²) in [7, 11) is 0. The SMILES string of the molecule is CC(N)CC1COc2ccccc2O1. The Morgan fingerprint density at radius 2 is 2.14 bits per heavy atom. The van der Waals surface area contributed by atoms with Crippen molar-refractivity contribution in [2.24, 2.45) is 5.73 Å². The van der Waals surface area contributed by atoms with Gasteiger partial charge in [-0.1, -0.05) is 12.1 Å². The first-order chi connectivity index (χ1) is 6.75. The largest absolute Gasteiger partial charge is 0.486 e. The number of hydrogen-bond donors (Lipinski definition) is 1. The van der Waals surface area contributed by atoms with E-state index in [4.69, 9.17) is 15.2 Å². The maximum atomic E-state index is 5.74. The van der Waals surface area contributed by atoms with E-state index in [2.05, 4.69) is 0 Å². The fourth-order valence-electron chi connectivity index (χ4n) is 1.59. The second-order valence-corrected chi connectivity index (χ2v) is 3.71. The normalized spacial score (nSPS) is 21.7. The zero-order chi connectivity index (χ0) is 9.97. The van der Waals surface area contributed by atoms with Gasteiger partial charge < -0.3 is 15.2 Å². The summed E-state index contributed by atoms with van der Waals surface area (Å²) in [4.78, 5) is 0. The quantitative estimate of drug-likeness (QED) is 0.775. The van der Waals surface area contributed by atoms with Crippen LogP contribution in [0.1, 0.15) is 13.3 Å². The van der Waals surface area contributed by atoms with E-state index in [1.807, 2.05) is 31.2 Å². The molecule has 1 aliphatic heterocycles. The van der Waals surface area contributed by atoms with E-state index in [0.29, 0.717) is 6.61 Å². The molecule has 2 unspecified atom stereocenters. The van der Waals surface area contributed by atoms with Gasteiger partial charge in [0.15, 0.2) is 11.5 Å². The average Bonchev–Trinajstić information content (AvgIpc) is 2.17. The van der Waals surface area contributed by atoms with Crippen molar-refractivity contribution < 1.29 is 9.47 Å². The monoisotopic (exact) mass is 193 g/mol. The van der Waals surface area contributed by atoms with Gasteiger partial charge in [-0.3, -0.25) is 0 Å². The van der Waals surface area contributed by atoms with Gasteiger partial charge in [0.05, 0.1) is 0 Å². The zero-order valence-corrected chi connectivity index (χ0v) is 8.27. The molecule has 1 aromatic rings. The van der Waals surface area contributed by atoms with Crippen LogP contribution >= 0.6 is 0 Å². The van der Waals surface area contributed by atoms with Crippen molar-refractivity contribution in [2.45, 2.75) is 25.5 Å². The molecule has 1 aromatic carbocycles. The lowest BCUT2D eigenvalue weighted by Crippen LogP contribution is -2.34. The number of nitrogens with two attached hydrogens (primary N) is 1. The minimum Gasteiger partial charge on any atom is -0.486 e. The van der Waals surface area contributed by atoms with Crippen LogP contribution in [0.15, 0.2) is 24.3 Å². The number of hydrogen-bond acceptors (Lipinski definition) is 3. The van der Waals surface area contributed by atoms with Gasteiger partial charge in [-0.05, 0) is 19.1 Å². The Kier molecular flexibility index (Phi) is 2.59. The highest BCUT2D eigenvalue weighted by atomic mass is 16.6. The van der Waals surface area contributed by atoms with Crippen LogP contribution in [-0.2, 0) is 0 Å². The van der Waals surface area contributed by atoms with E-state index in [0.717, 1.165) is 17.9 Å². The van der Waals surface area contributed by atoms with Crippen LogP contribution in [0.5, 0.6) is 11.5 Å². The van der Waals surface area contributed by atoms with Crippen LogP contribution in [0.2, 0.25) is 0 Å². The number of rotatable bonds is 2. The van der Waals surface area contributed by atoms with Crippen molar-refractivity contribution >= 4 is 0 Å². The molecule has 2 N–H and O–H groups in total. The van der Waals surface area contributed by atoms with Crippen LogP contribution in [0.3, 0.4) is 0 Å². The lowest BCUT2D eigenvalue weighted by Gasteiger charge is -2.27. The van der Waals surface area contributed by atoms with Gasteiger partial charge in [-0.25, -0.2) is 0 Å². The van der Waals surface area contributed by atoms with Crippen LogP contribution in [0.25, 0.3) is 0 Å². The highest BCUT2D eigenvalue weighted by Gasteiger charge is 2.21. The fourth-order valence-corrected chi connectivity index (χ4v) is 1.59. The molecule has 3 nitrogen and oxygen atoms in total. The van der Waals surface area contributed by atoms with Crippen LogP contribution in [-0.4, -0.2) is 18.8 Å². The van der Waals surface area contributed by atoms with Gasteiger partial charge in [-0.2, -0.15) is 0 Å². The first-order valence-electron chi connectivity index (χ1n) is 4.90. The number of para-hydroxylation sites is 2. The molecule has 1 heterocycles. The smallest absolute Gasteiger partial charge is 0.161 e. The van der Waals surface area contributed by atoms with E-state index < -0.39 is 0 Å². The lowest BCUT2D eigenvalue weighted by molar-refractivity contribution is 0.0810. The molecule has 0 spiro atoms. The standard InChI is InChI=1S/C11H15NO2/c1-8(12)6-9-7-13-10-4-2-3-5-11(10)14-9/h2-5,8-9H,6-7,12H2,1H3. The molecule has 0 saturated carbocycles. The predicted molar refractivity (Wildman–Crippen MR) is 54.6 cm³/mol. The molecule has 14 heavy (non-hydrogen) atoms. The molecule has 2 rings (SSSR count). The summed E-state index contributed by atoms with van der Waals surface area (Å²) in [6.45, 7) is 2.57. The van der Waals surface area contributed by atoms with Crippen molar-refractivity contribution in [1.29, 1.82) is 0 Å². The summed E-state index contributed by atoms with van der Waals surface area (Å²) >= 11 is 0. The zero-order valence-electron chi connectivity index (χ0n) is 8.27. The van der Waals surface area contributed by atoms with Crippen molar-refractivity contribution in [3.8, 4) is 11.5 Å². The summed E-state index contributed by atoms with van der Waals surface area (Å²) in [6, 6.07) is 7.86. The topological polar surface area (TPSA) is 44.5 Å². The van der Waals surface area contributed by atoms with E-state index >= 15 is 0 Å². The van der Waals surface area contributed by atoms with Crippen LogP contribution < -0.4 is 15.2 Å². The minimum atomic E-state index is 0.0879. The molecule has 1 aliphatic rings. The van der Waals surface area contributed by atoms with Gasteiger partial charge in [0.2, 0.25) is 0 Å². The summed E-state index contributed by atoms with van der Waals surface area (Å²) in [5.41, 5.74) is 5.71. The van der Waals surface area contributed by atoms with Gasteiger partial charge in [-0.15, -0.1) is 0 Å². The maximum absolute atomic E-state index is 5.74. The number of ether oxygens (including phenoxy) is 2. The second kappa shape index (κ2) is 3.88. The Bertz CT molecular complexity index is 312. The molecule has 3 heteroatoms. The van der Waals surface area contributed by atoms with E-state index in [1.54, 1.807) is 0 Å². The van der Waals surface area contributed by atoms with Crippen molar-refractivity contribution in [3.63, 3.8) is 0 Å². The third-order valence-corrected chi connectivity index (χ3v) is 2.20. The van der Waals surface area contributed by atoms with Crippen LogP contribution in [0, 0.1) is 0 Å². The highest BCUT2D eigenvalue weighted by molar-refractivity contribution is 5.40. The summed E-state index contributed by atoms with van der Waals surface area (Å²) in [5, 5.41) is 0. The Morgan fingerprint density at radius 1 is 1.43 bits per heavy atom. The number of fused-ring (bicyclic) bond motifs is 1. The molecule has 0 aromatic heterocycles. The third kappa shape index (κ3) is 1.99. The molecule has 0 aliphatic carbocycles. The van der Waals surface area contributed by atoms with Gasteiger partial charge in [0.25, 0.3) is 0 Å². The third-order valence-electron chi connectivity index (χ3n) is 2.20.